The molecule has 224 valence electrons. The average Bonchev–Trinajstić information content (AvgIpc) is 3.42. The molecule has 6 rings (SSSR count). The number of hydrogen-bond acceptors (Lipinski definition) is 4. The fourth-order valence-corrected chi connectivity index (χ4v) is 12.3. The van der Waals surface area contributed by atoms with Crippen molar-refractivity contribution in [2.45, 2.75) is 137 Å². The summed E-state index contributed by atoms with van der Waals surface area (Å²) in [5.41, 5.74) is 2.35. The van der Waals surface area contributed by atoms with E-state index in [1.54, 1.807) is 0 Å². The molecule has 5 nitrogen and oxygen atoms in total. The molecule has 1 saturated heterocycles. The largest absolute Gasteiger partial charge is 0.393 e. The summed E-state index contributed by atoms with van der Waals surface area (Å²) >= 11 is 0. The van der Waals surface area contributed by atoms with Crippen molar-refractivity contribution in [3.8, 4) is 0 Å². The minimum Gasteiger partial charge on any atom is -0.393 e. The summed E-state index contributed by atoms with van der Waals surface area (Å²) in [6.07, 6.45) is 10.9. The SMILES string of the molecule is CC(C)C1=C2[C@H]3CCC4[C@@]5(C)CC[C@H](O)C(C)(C)C5CC[C@@]4(C)[C@]3(C)CC[C@@]2(NC(=O)[C@@H]2CCCN2C)CC1=O. The third-order valence-corrected chi connectivity index (χ3v) is 14.6. The van der Waals surface area contributed by atoms with Crippen LogP contribution in [0.4, 0.5) is 0 Å². The zero-order chi connectivity index (χ0) is 29.0. The van der Waals surface area contributed by atoms with Crippen LogP contribution in [0.25, 0.3) is 0 Å². The Morgan fingerprint density at radius 2 is 1.65 bits per heavy atom. The fourth-order valence-electron chi connectivity index (χ4n) is 12.3. The number of hydrogen-bond donors (Lipinski definition) is 2. The van der Waals surface area contributed by atoms with Crippen molar-refractivity contribution in [3.05, 3.63) is 11.1 Å². The number of aliphatic hydroxyl groups excluding tert-OH is 1. The molecule has 5 fully saturated rings. The Balaban J connectivity index is 1.40. The molecule has 0 bridgehead atoms. The molecule has 9 atom stereocenters. The van der Waals surface area contributed by atoms with Gasteiger partial charge >= 0.3 is 0 Å². The van der Waals surface area contributed by atoms with Crippen LogP contribution in [0.15, 0.2) is 11.1 Å². The number of aliphatic hydroxyl groups is 1. The van der Waals surface area contributed by atoms with Gasteiger partial charge in [0.15, 0.2) is 5.78 Å². The Labute approximate surface area is 243 Å². The number of Topliss-reactive ketones (excluding diaryl/α,β-unsaturated/α-hetero) is 1. The lowest BCUT2D eigenvalue weighted by molar-refractivity contribution is -0.227. The molecule has 2 N–H and O–H groups in total. The van der Waals surface area contributed by atoms with Crippen LogP contribution in [0.3, 0.4) is 0 Å². The van der Waals surface area contributed by atoms with E-state index in [-0.39, 0.29) is 51.4 Å². The van der Waals surface area contributed by atoms with E-state index in [1.165, 1.54) is 24.8 Å². The number of likely N-dealkylation sites (N-methyl/N-ethyl adjacent to an activating group) is 1. The normalized spacial score (nSPS) is 48.5. The summed E-state index contributed by atoms with van der Waals surface area (Å²) < 4.78 is 0. The molecule has 4 saturated carbocycles. The van der Waals surface area contributed by atoms with Gasteiger partial charge in [-0.3, -0.25) is 14.5 Å². The van der Waals surface area contributed by atoms with Crippen LogP contribution in [0.1, 0.15) is 119 Å². The lowest BCUT2D eigenvalue weighted by Crippen LogP contribution is -2.67. The number of fused-ring (bicyclic) bond motifs is 7. The number of amides is 1. The van der Waals surface area contributed by atoms with Crippen molar-refractivity contribution >= 4 is 11.7 Å². The van der Waals surface area contributed by atoms with Crippen LogP contribution in [-0.4, -0.2) is 53.0 Å². The van der Waals surface area contributed by atoms with Gasteiger partial charge in [-0.25, -0.2) is 0 Å². The molecule has 5 heteroatoms. The van der Waals surface area contributed by atoms with E-state index < -0.39 is 5.54 Å². The molecule has 40 heavy (non-hydrogen) atoms. The van der Waals surface area contributed by atoms with Gasteiger partial charge in [0, 0.05) is 6.42 Å². The van der Waals surface area contributed by atoms with E-state index in [9.17, 15) is 14.7 Å². The second-order valence-electron chi connectivity index (χ2n) is 16.8. The van der Waals surface area contributed by atoms with Crippen molar-refractivity contribution in [2.24, 2.45) is 45.3 Å². The highest BCUT2D eigenvalue weighted by atomic mass is 16.3. The predicted molar refractivity (Wildman–Crippen MR) is 160 cm³/mol. The lowest BCUT2D eigenvalue weighted by Gasteiger charge is -2.72. The number of nitrogens with one attached hydrogen (secondary N) is 1. The molecular formula is C35H56N2O3. The number of allylic oxidation sites excluding steroid dienone is 1. The number of carbonyl (C=O) groups excluding carboxylic acids is 2. The molecule has 0 radical (unpaired) electrons. The summed E-state index contributed by atoms with van der Waals surface area (Å²) in [6, 6.07) is -0.0735. The molecule has 6 aliphatic rings. The maximum atomic E-state index is 13.8. The Morgan fingerprint density at radius 3 is 2.30 bits per heavy atom. The van der Waals surface area contributed by atoms with Crippen molar-refractivity contribution in [3.63, 3.8) is 0 Å². The molecule has 5 aliphatic carbocycles. The Morgan fingerprint density at radius 1 is 0.925 bits per heavy atom. The van der Waals surface area contributed by atoms with Crippen LogP contribution in [0.5, 0.6) is 0 Å². The van der Waals surface area contributed by atoms with E-state index in [2.05, 4.69) is 65.7 Å². The molecule has 1 aliphatic heterocycles. The van der Waals surface area contributed by atoms with E-state index in [0.29, 0.717) is 24.2 Å². The van der Waals surface area contributed by atoms with E-state index in [4.69, 9.17) is 0 Å². The molecule has 1 heterocycles. The van der Waals surface area contributed by atoms with Crippen LogP contribution in [0, 0.1) is 45.3 Å². The molecule has 2 unspecified atom stereocenters. The smallest absolute Gasteiger partial charge is 0.238 e. The number of carbonyl (C=O) groups is 2. The van der Waals surface area contributed by atoms with Crippen molar-refractivity contribution in [1.82, 2.24) is 10.2 Å². The number of ketones is 1. The first-order valence-corrected chi connectivity index (χ1v) is 16.6. The summed E-state index contributed by atoms with van der Waals surface area (Å²) in [4.78, 5) is 29.7. The van der Waals surface area contributed by atoms with Gasteiger partial charge in [-0.1, -0.05) is 48.5 Å². The molecular weight excluding hydrogens is 496 g/mol. The second-order valence-corrected chi connectivity index (χ2v) is 16.8. The highest BCUT2D eigenvalue weighted by molar-refractivity contribution is 6.02. The van der Waals surface area contributed by atoms with Gasteiger partial charge in [0.25, 0.3) is 0 Å². The fraction of sp³-hybridized carbons (Fsp3) is 0.886. The summed E-state index contributed by atoms with van der Waals surface area (Å²) in [5.74, 6) is 2.11. The average molecular weight is 553 g/mol. The zero-order valence-corrected chi connectivity index (χ0v) is 26.7. The second kappa shape index (κ2) is 9.15. The van der Waals surface area contributed by atoms with Gasteiger partial charge in [0.1, 0.15) is 0 Å². The predicted octanol–water partition coefficient (Wildman–Crippen LogP) is 6.29. The Hall–Kier alpha value is -1.20. The molecule has 0 aromatic heterocycles. The maximum absolute atomic E-state index is 13.8. The van der Waals surface area contributed by atoms with Gasteiger partial charge in [0.05, 0.1) is 17.7 Å². The van der Waals surface area contributed by atoms with E-state index in [0.717, 1.165) is 57.1 Å². The monoisotopic (exact) mass is 552 g/mol. The first kappa shape index (κ1) is 28.9. The van der Waals surface area contributed by atoms with Crippen LogP contribution in [-0.2, 0) is 9.59 Å². The van der Waals surface area contributed by atoms with Crippen LogP contribution in [0.2, 0.25) is 0 Å². The number of rotatable bonds is 3. The van der Waals surface area contributed by atoms with Gasteiger partial charge in [0.2, 0.25) is 5.91 Å². The van der Waals surface area contributed by atoms with Crippen molar-refractivity contribution < 1.29 is 14.7 Å². The minimum atomic E-state index is -0.497. The minimum absolute atomic E-state index is 0.0449. The van der Waals surface area contributed by atoms with Crippen molar-refractivity contribution in [1.29, 1.82) is 0 Å². The van der Waals surface area contributed by atoms with E-state index in [1.807, 2.05) is 0 Å². The van der Waals surface area contributed by atoms with Gasteiger partial charge in [-0.15, -0.1) is 0 Å². The quantitative estimate of drug-likeness (QED) is 0.432. The van der Waals surface area contributed by atoms with Crippen LogP contribution >= 0.6 is 0 Å². The molecule has 0 spiro atoms. The molecule has 1 amide bonds. The molecule has 0 aromatic rings. The van der Waals surface area contributed by atoms with Gasteiger partial charge < -0.3 is 10.4 Å². The third kappa shape index (κ3) is 3.64. The Kier molecular flexibility index (Phi) is 6.61. The number of nitrogens with zero attached hydrogens (tertiary/aromatic N) is 1. The molecule has 0 aromatic carbocycles. The summed E-state index contributed by atoms with van der Waals surface area (Å²) in [6.45, 7) is 17.7. The topological polar surface area (TPSA) is 69.6 Å². The third-order valence-electron chi connectivity index (χ3n) is 14.6. The first-order chi connectivity index (χ1) is 18.6. The standard InChI is InChI=1S/C35H56N2O3/c1-21(2)28-24(38)20-35(36-30(40)23-10-9-19-37(23)8)18-17-33(6)22(29(28)35)11-12-26-32(5)15-14-27(39)31(3,4)25(32)13-16-34(26,33)7/h21-23,25-27,39H,9-20H2,1-8H3,(H,36,40)/t22-,23+,25?,26?,27+,32+,33-,34-,35-/m1/s1. The van der Waals surface area contributed by atoms with Crippen molar-refractivity contribution in [2.75, 3.05) is 13.6 Å². The van der Waals surface area contributed by atoms with E-state index >= 15 is 0 Å². The van der Waals surface area contributed by atoms with Crippen LogP contribution < -0.4 is 5.32 Å². The first-order valence-electron chi connectivity index (χ1n) is 16.6. The zero-order valence-electron chi connectivity index (χ0n) is 26.7. The summed E-state index contributed by atoms with van der Waals surface area (Å²) in [5, 5.41) is 14.6. The lowest BCUT2D eigenvalue weighted by atomic mass is 9.33. The number of likely N-dealkylation sites (tertiary alicyclic amines) is 1. The maximum Gasteiger partial charge on any atom is 0.238 e. The highest BCUT2D eigenvalue weighted by Gasteiger charge is 2.70. The summed E-state index contributed by atoms with van der Waals surface area (Å²) in [7, 11) is 2.06. The highest BCUT2D eigenvalue weighted by Crippen LogP contribution is 2.75. The van der Waals surface area contributed by atoms with Gasteiger partial charge in [-0.2, -0.15) is 0 Å². The van der Waals surface area contributed by atoms with Gasteiger partial charge in [-0.05, 0) is 134 Å². The Bertz CT molecular complexity index is 1130.